The Hall–Kier alpha value is -1.51. The number of hydrogen-bond donors (Lipinski definition) is 1. The molecule has 0 aromatic heterocycles. The van der Waals surface area contributed by atoms with E-state index in [2.05, 4.69) is 6.92 Å². The summed E-state index contributed by atoms with van der Waals surface area (Å²) < 4.78 is 6.01. The van der Waals surface area contributed by atoms with Crippen molar-refractivity contribution in [3.8, 4) is 5.75 Å². The minimum absolute atomic E-state index is 0.241. The minimum Gasteiger partial charge on any atom is -0.490 e. The summed E-state index contributed by atoms with van der Waals surface area (Å²) in [4.78, 5) is 11.1. The zero-order chi connectivity index (χ0) is 13.8. The smallest absolute Gasteiger partial charge is 0.336 e. The van der Waals surface area contributed by atoms with Gasteiger partial charge in [-0.2, -0.15) is 0 Å². The number of aromatic carboxylic acids is 1. The summed E-state index contributed by atoms with van der Waals surface area (Å²) in [5.74, 6) is 0.670. The van der Waals surface area contributed by atoms with Gasteiger partial charge in [0.05, 0.1) is 11.7 Å². The molecule has 0 radical (unpaired) electrons. The summed E-state index contributed by atoms with van der Waals surface area (Å²) in [7, 11) is 0. The van der Waals surface area contributed by atoms with Crippen molar-refractivity contribution >= 4 is 5.97 Å². The molecule has 0 spiro atoms. The highest BCUT2D eigenvalue weighted by molar-refractivity contribution is 5.90. The third-order valence-corrected chi connectivity index (χ3v) is 4.18. The van der Waals surface area contributed by atoms with E-state index in [-0.39, 0.29) is 6.10 Å². The average Bonchev–Trinajstić information content (AvgIpc) is 2.41. The third kappa shape index (κ3) is 3.28. The van der Waals surface area contributed by atoms with E-state index >= 15 is 0 Å². The molecule has 1 aliphatic rings. The monoisotopic (exact) mass is 262 g/mol. The van der Waals surface area contributed by atoms with Gasteiger partial charge in [-0.1, -0.05) is 19.4 Å². The molecule has 0 bridgehead atoms. The van der Waals surface area contributed by atoms with Crippen LogP contribution in [0.1, 0.15) is 54.9 Å². The summed E-state index contributed by atoms with van der Waals surface area (Å²) in [6.45, 7) is 4.06. The van der Waals surface area contributed by atoms with E-state index in [0.29, 0.717) is 5.56 Å². The first kappa shape index (κ1) is 13.9. The lowest BCUT2D eigenvalue weighted by Crippen LogP contribution is -2.24. The highest BCUT2D eigenvalue weighted by Crippen LogP contribution is 2.31. The summed E-state index contributed by atoms with van der Waals surface area (Å²) in [5, 5.41) is 9.11. The number of hydrogen-bond acceptors (Lipinski definition) is 2. The van der Waals surface area contributed by atoms with Gasteiger partial charge in [-0.25, -0.2) is 4.79 Å². The van der Waals surface area contributed by atoms with E-state index in [1.807, 2.05) is 13.0 Å². The predicted octanol–water partition coefficient (Wildman–Crippen LogP) is 4.04. The first-order valence-electron chi connectivity index (χ1n) is 7.11. The minimum atomic E-state index is -0.891. The zero-order valence-electron chi connectivity index (χ0n) is 11.7. The largest absolute Gasteiger partial charge is 0.490 e. The number of carboxylic acids is 1. The topological polar surface area (TPSA) is 46.5 Å². The van der Waals surface area contributed by atoms with Gasteiger partial charge in [0.1, 0.15) is 5.75 Å². The Morgan fingerprint density at radius 1 is 1.32 bits per heavy atom. The van der Waals surface area contributed by atoms with E-state index in [4.69, 9.17) is 9.84 Å². The maximum Gasteiger partial charge on any atom is 0.336 e. The van der Waals surface area contributed by atoms with Crippen molar-refractivity contribution in [1.29, 1.82) is 0 Å². The van der Waals surface area contributed by atoms with Crippen LogP contribution in [0, 0.1) is 12.8 Å². The normalized spacial score (nSPS) is 23.1. The van der Waals surface area contributed by atoms with Gasteiger partial charge in [0.15, 0.2) is 0 Å². The highest BCUT2D eigenvalue weighted by Gasteiger charge is 2.22. The number of benzene rings is 1. The predicted molar refractivity (Wildman–Crippen MR) is 74.8 cm³/mol. The van der Waals surface area contributed by atoms with Crippen molar-refractivity contribution in [1.82, 2.24) is 0 Å². The third-order valence-electron chi connectivity index (χ3n) is 4.18. The van der Waals surface area contributed by atoms with Gasteiger partial charge in [-0.15, -0.1) is 0 Å². The highest BCUT2D eigenvalue weighted by atomic mass is 16.5. The average molecular weight is 262 g/mol. The van der Waals surface area contributed by atoms with Crippen molar-refractivity contribution in [2.45, 2.75) is 52.1 Å². The quantitative estimate of drug-likeness (QED) is 0.890. The second-order valence-corrected chi connectivity index (χ2v) is 5.40. The lowest BCUT2D eigenvalue weighted by Gasteiger charge is -2.29. The molecule has 1 aromatic rings. The molecule has 0 saturated heterocycles. The molecule has 0 atom stereocenters. The molecular formula is C16H22O3. The van der Waals surface area contributed by atoms with Crippen molar-refractivity contribution in [2.24, 2.45) is 5.92 Å². The van der Waals surface area contributed by atoms with Crippen LogP contribution in [-0.2, 0) is 0 Å². The van der Waals surface area contributed by atoms with Crippen LogP contribution in [0.5, 0.6) is 5.75 Å². The number of rotatable bonds is 4. The van der Waals surface area contributed by atoms with Crippen LogP contribution in [0.4, 0.5) is 0 Å². The Kier molecular flexibility index (Phi) is 4.46. The molecule has 0 amide bonds. The Labute approximate surface area is 114 Å². The summed E-state index contributed by atoms with van der Waals surface area (Å²) in [6, 6.07) is 5.25. The van der Waals surface area contributed by atoms with Gasteiger partial charge in [0.25, 0.3) is 0 Å². The second kappa shape index (κ2) is 6.09. The van der Waals surface area contributed by atoms with Crippen molar-refractivity contribution in [3.05, 3.63) is 29.3 Å². The van der Waals surface area contributed by atoms with E-state index in [0.717, 1.165) is 30.1 Å². The fourth-order valence-electron chi connectivity index (χ4n) is 2.81. The van der Waals surface area contributed by atoms with Crippen molar-refractivity contribution in [3.63, 3.8) is 0 Å². The molecule has 1 fully saturated rings. The van der Waals surface area contributed by atoms with Gasteiger partial charge in [-0.3, -0.25) is 0 Å². The Morgan fingerprint density at radius 2 is 2.00 bits per heavy atom. The lowest BCUT2D eigenvalue weighted by molar-refractivity contribution is 0.0694. The number of ether oxygens (including phenoxy) is 1. The molecule has 1 saturated carbocycles. The molecule has 0 aliphatic heterocycles. The summed E-state index contributed by atoms with van der Waals surface area (Å²) >= 11 is 0. The van der Waals surface area contributed by atoms with Crippen LogP contribution in [0.2, 0.25) is 0 Å². The lowest BCUT2D eigenvalue weighted by atomic mass is 9.86. The number of carboxylic acid groups (broad SMARTS) is 1. The SMILES string of the molecule is CCC1CCC(Oc2cccc(C(=O)O)c2C)CC1. The second-order valence-electron chi connectivity index (χ2n) is 5.40. The first-order valence-corrected chi connectivity index (χ1v) is 7.11. The molecule has 2 rings (SSSR count). The van der Waals surface area contributed by atoms with Gasteiger partial charge >= 0.3 is 5.97 Å². The van der Waals surface area contributed by atoms with Crippen LogP contribution in [-0.4, -0.2) is 17.2 Å². The molecule has 0 unspecified atom stereocenters. The molecule has 1 aliphatic carbocycles. The van der Waals surface area contributed by atoms with Crippen LogP contribution in [0.15, 0.2) is 18.2 Å². The Balaban J connectivity index is 2.04. The van der Waals surface area contributed by atoms with Crippen LogP contribution in [0.3, 0.4) is 0 Å². The van der Waals surface area contributed by atoms with E-state index < -0.39 is 5.97 Å². The zero-order valence-corrected chi connectivity index (χ0v) is 11.7. The molecular weight excluding hydrogens is 240 g/mol. The van der Waals surface area contributed by atoms with Crippen molar-refractivity contribution < 1.29 is 14.6 Å². The molecule has 3 nitrogen and oxygen atoms in total. The van der Waals surface area contributed by atoms with Crippen LogP contribution in [0.25, 0.3) is 0 Å². The van der Waals surface area contributed by atoms with E-state index in [1.54, 1.807) is 12.1 Å². The maximum absolute atomic E-state index is 11.1. The van der Waals surface area contributed by atoms with Crippen LogP contribution < -0.4 is 4.74 Å². The van der Waals surface area contributed by atoms with Gasteiger partial charge in [0.2, 0.25) is 0 Å². The van der Waals surface area contributed by atoms with Gasteiger partial charge in [0, 0.05) is 5.56 Å². The van der Waals surface area contributed by atoms with Gasteiger partial charge in [-0.05, 0) is 50.7 Å². The Morgan fingerprint density at radius 3 is 2.58 bits per heavy atom. The van der Waals surface area contributed by atoms with Crippen molar-refractivity contribution in [2.75, 3.05) is 0 Å². The van der Waals surface area contributed by atoms with E-state index in [9.17, 15) is 4.79 Å². The maximum atomic E-state index is 11.1. The van der Waals surface area contributed by atoms with E-state index in [1.165, 1.54) is 19.3 Å². The Bertz CT molecular complexity index is 445. The molecule has 0 heterocycles. The van der Waals surface area contributed by atoms with Crippen LogP contribution >= 0.6 is 0 Å². The summed E-state index contributed by atoms with van der Waals surface area (Å²) in [5.41, 5.74) is 1.06. The first-order chi connectivity index (χ1) is 9.11. The molecule has 104 valence electrons. The summed E-state index contributed by atoms with van der Waals surface area (Å²) in [6.07, 6.45) is 6.09. The molecule has 1 N–H and O–H groups in total. The fraction of sp³-hybridized carbons (Fsp3) is 0.562. The standard InChI is InChI=1S/C16H22O3/c1-3-12-7-9-13(10-8-12)19-15-6-4-5-14(11(15)2)16(17)18/h4-6,12-13H,3,7-10H2,1-2H3,(H,17,18). The molecule has 19 heavy (non-hydrogen) atoms. The molecule has 3 heteroatoms. The fourth-order valence-corrected chi connectivity index (χ4v) is 2.81. The molecule has 1 aromatic carbocycles. The van der Waals surface area contributed by atoms with Gasteiger partial charge < -0.3 is 9.84 Å². The number of carbonyl (C=O) groups is 1.